The molecule has 1 aromatic rings. The van der Waals surface area contributed by atoms with Crippen molar-refractivity contribution < 1.29 is 4.74 Å². The lowest BCUT2D eigenvalue weighted by molar-refractivity contribution is 0.357. The van der Waals surface area contributed by atoms with Gasteiger partial charge in [-0.15, -0.1) is 0 Å². The molecule has 2 rings (SSSR count). The zero-order valence-electron chi connectivity index (χ0n) is 7.48. The first-order chi connectivity index (χ1) is 5.81. The average Bonchev–Trinajstić information content (AvgIpc) is 2.52. The van der Waals surface area contributed by atoms with Gasteiger partial charge in [-0.05, 0) is 18.6 Å². The van der Waals surface area contributed by atoms with Crippen molar-refractivity contribution in [3.63, 3.8) is 0 Å². The molecule has 0 spiro atoms. The summed E-state index contributed by atoms with van der Waals surface area (Å²) in [4.78, 5) is 0. The van der Waals surface area contributed by atoms with Gasteiger partial charge in [0.05, 0.1) is 6.61 Å². The zero-order valence-corrected chi connectivity index (χ0v) is 7.48. The van der Waals surface area contributed by atoms with E-state index in [-0.39, 0.29) is 0 Å². The van der Waals surface area contributed by atoms with Crippen LogP contribution in [0.2, 0.25) is 0 Å². The fourth-order valence-electron chi connectivity index (χ4n) is 1.64. The molecule has 0 aromatic heterocycles. The summed E-state index contributed by atoms with van der Waals surface area (Å²) < 4.78 is 5.48. The fraction of sp³-hybridized carbons (Fsp3) is 0.400. The summed E-state index contributed by atoms with van der Waals surface area (Å²) in [5, 5.41) is 3.12. The van der Waals surface area contributed by atoms with E-state index in [1.165, 1.54) is 11.1 Å². The molecule has 0 bridgehead atoms. The molecule has 0 atom stereocenters. The number of hydrogen-bond acceptors (Lipinski definition) is 2. The first-order valence-corrected chi connectivity index (χ1v) is 4.25. The van der Waals surface area contributed by atoms with Crippen molar-refractivity contribution in [1.29, 1.82) is 0 Å². The monoisotopic (exact) mass is 163 g/mol. The Morgan fingerprint density at radius 3 is 3.00 bits per heavy atom. The van der Waals surface area contributed by atoms with Crippen molar-refractivity contribution in [2.45, 2.75) is 13.3 Å². The van der Waals surface area contributed by atoms with Crippen LogP contribution in [0.15, 0.2) is 12.1 Å². The summed E-state index contributed by atoms with van der Waals surface area (Å²) in [6.07, 6.45) is 1.06. The molecule has 1 aliphatic heterocycles. The SMILES string of the molecule is CNc1cc(C)c2c(c1)OCC2. The van der Waals surface area contributed by atoms with Crippen LogP contribution in [0, 0.1) is 6.92 Å². The molecule has 64 valence electrons. The number of aryl methyl sites for hydroxylation is 1. The van der Waals surface area contributed by atoms with Crippen LogP contribution in [0.5, 0.6) is 5.75 Å². The third kappa shape index (κ3) is 1.04. The molecule has 2 heteroatoms. The molecule has 0 aliphatic carbocycles. The van der Waals surface area contributed by atoms with Gasteiger partial charge in [-0.25, -0.2) is 0 Å². The van der Waals surface area contributed by atoms with Crippen molar-refractivity contribution in [1.82, 2.24) is 0 Å². The number of nitrogens with one attached hydrogen (secondary N) is 1. The average molecular weight is 163 g/mol. The Hall–Kier alpha value is -1.18. The minimum atomic E-state index is 0.837. The Kier molecular flexibility index (Phi) is 1.68. The molecule has 0 fully saturated rings. The Morgan fingerprint density at radius 2 is 2.25 bits per heavy atom. The topological polar surface area (TPSA) is 21.3 Å². The van der Waals surface area contributed by atoms with E-state index in [9.17, 15) is 0 Å². The van der Waals surface area contributed by atoms with Crippen LogP contribution < -0.4 is 10.1 Å². The Labute approximate surface area is 72.5 Å². The molecule has 1 aliphatic rings. The summed E-state index contributed by atoms with van der Waals surface area (Å²) in [5.74, 6) is 1.05. The second-order valence-electron chi connectivity index (χ2n) is 3.12. The second kappa shape index (κ2) is 2.70. The zero-order chi connectivity index (χ0) is 8.55. The number of anilines is 1. The van der Waals surface area contributed by atoms with Crippen molar-refractivity contribution >= 4 is 5.69 Å². The normalized spacial score (nSPS) is 13.8. The number of benzene rings is 1. The summed E-state index contributed by atoms with van der Waals surface area (Å²) in [6.45, 7) is 2.97. The van der Waals surface area contributed by atoms with Crippen LogP contribution in [0.25, 0.3) is 0 Å². The molecule has 1 heterocycles. The van der Waals surface area contributed by atoms with E-state index in [0.29, 0.717) is 0 Å². The third-order valence-corrected chi connectivity index (χ3v) is 2.33. The summed E-state index contributed by atoms with van der Waals surface area (Å²) in [6, 6.07) is 4.23. The minimum Gasteiger partial charge on any atom is -0.493 e. The van der Waals surface area contributed by atoms with Gasteiger partial charge in [-0.1, -0.05) is 0 Å². The van der Waals surface area contributed by atoms with Gasteiger partial charge in [0.2, 0.25) is 0 Å². The van der Waals surface area contributed by atoms with Gasteiger partial charge in [0.25, 0.3) is 0 Å². The standard InChI is InChI=1S/C10H13NO/c1-7-5-8(11-2)6-10-9(7)3-4-12-10/h5-6,11H,3-4H2,1-2H3. The Balaban J connectivity index is 2.51. The summed E-state index contributed by atoms with van der Waals surface area (Å²) in [5.41, 5.74) is 3.83. The molecule has 2 nitrogen and oxygen atoms in total. The largest absolute Gasteiger partial charge is 0.493 e. The van der Waals surface area contributed by atoms with E-state index in [0.717, 1.165) is 24.5 Å². The quantitative estimate of drug-likeness (QED) is 0.683. The van der Waals surface area contributed by atoms with E-state index < -0.39 is 0 Å². The molecule has 0 amide bonds. The van der Waals surface area contributed by atoms with Crippen molar-refractivity contribution in [3.8, 4) is 5.75 Å². The predicted octanol–water partition coefficient (Wildman–Crippen LogP) is 1.97. The van der Waals surface area contributed by atoms with Crippen LogP contribution in [0.1, 0.15) is 11.1 Å². The van der Waals surface area contributed by atoms with E-state index >= 15 is 0 Å². The van der Waals surface area contributed by atoms with Crippen LogP contribution in [-0.4, -0.2) is 13.7 Å². The summed E-state index contributed by atoms with van der Waals surface area (Å²) >= 11 is 0. The fourth-order valence-corrected chi connectivity index (χ4v) is 1.64. The van der Waals surface area contributed by atoms with Crippen LogP contribution in [0.4, 0.5) is 5.69 Å². The Bertz CT molecular complexity index is 307. The smallest absolute Gasteiger partial charge is 0.124 e. The van der Waals surface area contributed by atoms with Gasteiger partial charge >= 0.3 is 0 Å². The highest BCUT2D eigenvalue weighted by Crippen LogP contribution is 2.31. The Morgan fingerprint density at radius 1 is 1.42 bits per heavy atom. The van der Waals surface area contributed by atoms with Gasteiger partial charge in [0.15, 0.2) is 0 Å². The molecular formula is C10H13NO. The molecule has 0 saturated carbocycles. The maximum absolute atomic E-state index is 5.48. The van der Waals surface area contributed by atoms with E-state index in [2.05, 4.69) is 24.4 Å². The highest BCUT2D eigenvalue weighted by Gasteiger charge is 2.14. The van der Waals surface area contributed by atoms with Crippen molar-refractivity contribution in [2.24, 2.45) is 0 Å². The van der Waals surface area contributed by atoms with E-state index in [1.54, 1.807) is 0 Å². The molecule has 0 radical (unpaired) electrons. The van der Waals surface area contributed by atoms with Crippen molar-refractivity contribution in [3.05, 3.63) is 23.3 Å². The lowest BCUT2D eigenvalue weighted by Gasteiger charge is -2.06. The van der Waals surface area contributed by atoms with E-state index in [1.807, 2.05) is 7.05 Å². The lowest BCUT2D eigenvalue weighted by atomic mass is 10.1. The highest BCUT2D eigenvalue weighted by atomic mass is 16.5. The maximum atomic E-state index is 5.48. The molecular weight excluding hydrogens is 150 g/mol. The predicted molar refractivity (Wildman–Crippen MR) is 49.9 cm³/mol. The second-order valence-corrected chi connectivity index (χ2v) is 3.12. The number of fused-ring (bicyclic) bond motifs is 1. The lowest BCUT2D eigenvalue weighted by Crippen LogP contribution is -1.91. The molecule has 0 unspecified atom stereocenters. The number of hydrogen-bond donors (Lipinski definition) is 1. The molecule has 1 N–H and O–H groups in total. The first kappa shape index (κ1) is 7.47. The van der Waals surface area contributed by atoms with Crippen molar-refractivity contribution in [2.75, 3.05) is 19.0 Å². The minimum absolute atomic E-state index is 0.837. The van der Waals surface area contributed by atoms with Gasteiger partial charge in [0, 0.05) is 30.8 Å². The number of rotatable bonds is 1. The van der Waals surface area contributed by atoms with Crippen LogP contribution in [0.3, 0.4) is 0 Å². The van der Waals surface area contributed by atoms with Gasteiger partial charge in [-0.2, -0.15) is 0 Å². The molecule has 0 saturated heterocycles. The molecule has 12 heavy (non-hydrogen) atoms. The van der Waals surface area contributed by atoms with Gasteiger partial charge in [-0.3, -0.25) is 0 Å². The van der Waals surface area contributed by atoms with Gasteiger partial charge < -0.3 is 10.1 Å². The van der Waals surface area contributed by atoms with Crippen LogP contribution >= 0.6 is 0 Å². The third-order valence-electron chi connectivity index (χ3n) is 2.33. The van der Waals surface area contributed by atoms with Crippen LogP contribution in [-0.2, 0) is 6.42 Å². The van der Waals surface area contributed by atoms with E-state index in [4.69, 9.17) is 4.74 Å². The first-order valence-electron chi connectivity index (χ1n) is 4.25. The maximum Gasteiger partial charge on any atom is 0.124 e. The molecule has 1 aromatic carbocycles. The van der Waals surface area contributed by atoms with Gasteiger partial charge in [0.1, 0.15) is 5.75 Å². The highest BCUT2D eigenvalue weighted by molar-refractivity contribution is 5.56. The summed E-state index contributed by atoms with van der Waals surface area (Å²) in [7, 11) is 1.93. The number of ether oxygens (including phenoxy) is 1.